The maximum atomic E-state index is 13.6. The molecular weight excluding hydrogens is 649 g/mol. The van der Waals surface area contributed by atoms with Gasteiger partial charge in [0, 0.05) is 17.8 Å². The van der Waals surface area contributed by atoms with Gasteiger partial charge in [0.15, 0.2) is 8.32 Å². The number of carbonyl (C=O) groups is 2. The van der Waals surface area contributed by atoms with E-state index in [1.54, 1.807) is 6.08 Å². The Kier molecular flexibility index (Phi) is 13.4. The van der Waals surface area contributed by atoms with Gasteiger partial charge in [-0.15, -0.1) is 11.8 Å². The van der Waals surface area contributed by atoms with Crippen LogP contribution in [-0.2, 0) is 18.6 Å². The highest BCUT2D eigenvalue weighted by atomic mass is 32.2. The second kappa shape index (κ2) is 17.2. The predicted octanol–water partition coefficient (Wildman–Crippen LogP) is 9.17. The standard InChI is InChI=1S/C40H52N2O5SSi/c1-8-25-45-37(43)41-34(30-47-49(6,7)39(3,4)5)27-35-28-36(29-42(35)38(44)46-26-9-2)48-40(31-19-13-10-14-20-31,32-21-15-11-16-22-32)33-23-17-12-18-24-33/h8-24,34-36H,1-2,25-30H2,3-7H3,(H,41,43)/t34?,35-,36+/m1/s1. The van der Waals surface area contributed by atoms with Gasteiger partial charge in [-0.25, -0.2) is 9.59 Å². The van der Waals surface area contributed by atoms with E-state index in [4.69, 9.17) is 13.9 Å². The molecule has 0 aromatic heterocycles. The third-order valence-corrected chi connectivity index (χ3v) is 15.7. The van der Waals surface area contributed by atoms with Crippen LogP contribution in [-0.4, -0.2) is 69.1 Å². The van der Waals surface area contributed by atoms with Crippen LogP contribution >= 0.6 is 11.8 Å². The van der Waals surface area contributed by atoms with E-state index < -0.39 is 31.3 Å². The number of amides is 2. The summed E-state index contributed by atoms with van der Waals surface area (Å²) in [6.07, 6.45) is 3.36. The Hall–Kier alpha value is -3.79. The van der Waals surface area contributed by atoms with Gasteiger partial charge in [-0.1, -0.05) is 137 Å². The summed E-state index contributed by atoms with van der Waals surface area (Å²) < 4.78 is 17.0. The summed E-state index contributed by atoms with van der Waals surface area (Å²) in [4.78, 5) is 28.3. The van der Waals surface area contributed by atoms with Crippen molar-refractivity contribution in [1.29, 1.82) is 0 Å². The number of benzene rings is 3. The van der Waals surface area contributed by atoms with E-state index in [-0.39, 0.29) is 29.5 Å². The van der Waals surface area contributed by atoms with Crippen LogP contribution in [0.3, 0.4) is 0 Å². The number of hydrogen-bond donors (Lipinski definition) is 1. The van der Waals surface area contributed by atoms with Gasteiger partial charge < -0.3 is 24.1 Å². The van der Waals surface area contributed by atoms with E-state index in [2.05, 4.69) is 125 Å². The number of ether oxygens (including phenoxy) is 2. The fraction of sp³-hybridized carbons (Fsp3) is 0.400. The normalized spacial score (nSPS) is 17.2. The molecule has 0 radical (unpaired) electrons. The van der Waals surface area contributed by atoms with Crippen LogP contribution in [0.25, 0.3) is 0 Å². The molecular formula is C40H52N2O5SSi. The molecule has 0 saturated carbocycles. The Bertz CT molecular complexity index is 1420. The number of hydrogen-bond acceptors (Lipinski definition) is 6. The Morgan fingerprint density at radius 1 is 0.878 bits per heavy atom. The van der Waals surface area contributed by atoms with Gasteiger partial charge in [0.25, 0.3) is 0 Å². The predicted molar refractivity (Wildman–Crippen MR) is 203 cm³/mol. The Labute approximate surface area is 298 Å². The van der Waals surface area contributed by atoms with E-state index in [0.717, 1.165) is 16.7 Å². The maximum Gasteiger partial charge on any atom is 0.410 e. The molecule has 1 heterocycles. The molecule has 4 rings (SSSR count). The van der Waals surface area contributed by atoms with Crippen LogP contribution in [0, 0.1) is 0 Å². The molecule has 0 aliphatic carbocycles. The summed E-state index contributed by atoms with van der Waals surface area (Å²) in [6.45, 7) is 19.4. The topological polar surface area (TPSA) is 77.1 Å². The van der Waals surface area contributed by atoms with Crippen molar-refractivity contribution < 1.29 is 23.5 Å². The zero-order valence-corrected chi connectivity index (χ0v) is 31.4. The first-order valence-corrected chi connectivity index (χ1v) is 20.8. The zero-order chi connectivity index (χ0) is 35.5. The summed E-state index contributed by atoms with van der Waals surface area (Å²) in [5.74, 6) is 0. The molecule has 1 fully saturated rings. The number of thioether (sulfide) groups is 1. The Balaban J connectivity index is 1.71. The van der Waals surface area contributed by atoms with Crippen LogP contribution in [0.15, 0.2) is 116 Å². The van der Waals surface area contributed by atoms with Crippen molar-refractivity contribution in [3.05, 3.63) is 133 Å². The van der Waals surface area contributed by atoms with Crippen LogP contribution in [0.2, 0.25) is 18.1 Å². The number of nitrogens with one attached hydrogen (secondary N) is 1. The fourth-order valence-electron chi connectivity index (χ4n) is 5.96. The minimum absolute atomic E-state index is 0.00777. The van der Waals surface area contributed by atoms with Crippen molar-refractivity contribution >= 4 is 32.3 Å². The third kappa shape index (κ3) is 9.68. The summed E-state index contributed by atoms with van der Waals surface area (Å²) in [5.41, 5.74) is 3.48. The summed E-state index contributed by atoms with van der Waals surface area (Å²) >= 11 is 1.86. The van der Waals surface area contributed by atoms with E-state index in [9.17, 15) is 9.59 Å². The molecule has 9 heteroatoms. The lowest BCUT2D eigenvalue weighted by Crippen LogP contribution is -2.49. The lowest BCUT2D eigenvalue weighted by atomic mass is 9.84. The summed E-state index contributed by atoms with van der Waals surface area (Å²) in [5, 5.41) is 3.06. The molecule has 1 N–H and O–H groups in total. The fourth-order valence-corrected chi connectivity index (χ4v) is 8.88. The second-order valence-electron chi connectivity index (χ2n) is 14.0. The minimum Gasteiger partial charge on any atom is -0.445 e. The van der Waals surface area contributed by atoms with E-state index in [0.29, 0.717) is 26.0 Å². The summed E-state index contributed by atoms with van der Waals surface area (Å²) in [6, 6.07) is 31.1. The second-order valence-corrected chi connectivity index (χ2v) is 20.3. The van der Waals surface area contributed by atoms with Gasteiger partial charge >= 0.3 is 12.2 Å². The number of nitrogens with zero attached hydrogens (tertiary/aromatic N) is 1. The van der Waals surface area contributed by atoms with Gasteiger partial charge in [0.05, 0.1) is 17.4 Å². The van der Waals surface area contributed by atoms with Crippen LogP contribution in [0.4, 0.5) is 9.59 Å². The largest absolute Gasteiger partial charge is 0.445 e. The molecule has 3 aromatic rings. The molecule has 0 spiro atoms. The van der Waals surface area contributed by atoms with E-state index in [1.807, 2.05) is 34.9 Å². The van der Waals surface area contributed by atoms with Gasteiger partial charge in [-0.2, -0.15) is 0 Å². The Morgan fingerprint density at radius 3 is 1.84 bits per heavy atom. The van der Waals surface area contributed by atoms with E-state index >= 15 is 0 Å². The molecule has 7 nitrogen and oxygen atoms in total. The minimum atomic E-state index is -2.14. The Morgan fingerprint density at radius 2 is 1.37 bits per heavy atom. The third-order valence-electron chi connectivity index (χ3n) is 9.48. The van der Waals surface area contributed by atoms with Gasteiger partial charge in [-0.05, 0) is 47.7 Å². The molecule has 49 heavy (non-hydrogen) atoms. The number of likely N-dealkylation sites (tertiary alicyclic amines) is 1. The molecule has 2 amide bonds. The first kappa shape index (κ1) is 38.0. The van der Waals surface area contributed by atoms with E-state index in [1.165, 1.54) is 6.08 Å². The highest BCUT2D eigenvalue weighted by Gasteiger charge is 2.45. The molecule has 3 atom stereocenters. The van der Waals surface area contributed by atoms with Crippen molar-refractivity contribution in [2.24, 2.45) is 0 Å². The molecule has 1 aliphatic heterocycles. The van der Waals surface area contributed by atoms with Crippen molar-refractivity contribution in [2.45, 2.75) is 73.8 Å². The van der Waals surface area contributed by atoms with Crippen molar-refractivity contribution in [3.8, 4) is 0 Å². The van der Waals surface area contributed by atoms with Crippen molar-refractivity contribution in [1.82, 2.24) is 10.2 Å². The SMILES string of the molecule is C=CCOC(=O)NC(CO[Si](C)(C)C(C)(C)C)C[C@@H]1C[C@H](SC(c2ccccc2)(c2ccccc2)c2ccccc2)CN1C(=O)OCC=C. The molecule has 262 valence electrons. The average Bonchev–Trinajstić information content (AvgIpc) is 3.50. The van der Waals surface area contributed by atoms with Gasteiger partial charge in [-0.3, -0.25) is 0 Å². The zero-order valence-electron chi connectivity index (χ0n) is 29.6. The van der Waals surface area contributed by atoms with Crippen molar-refractivity contribution in [3.63, 3.8) is 0 Å². The molecule has 1 saturated heterocycles. The lowest BCUT2D eigenvalue weighted by molar-refractivity contribution is 0.100. The van der Waals surface area contributed by atoms with Crippen LogP contribution in [0.1, 0.15) is 50.3 Å². The highest BCUT2D eigenvalue weighted by Crippen LogP contribution is 2.52. The first-order chi connectivity index (χ1) is 23.4. The molecule has 0 bridgehead atoms. The van der Waals surface area contributed by atoms with Crippen LogP contribution in [0.5, 0.6) is 0 Å². The average molecular weight is 701 g/mol. The first-order valence-electron chi connectivity index (χ1n) is 17.0. The number of carbonyl (C=O) groups excluding carboxylic acids is 2. The lowest BCUT2D eigenvalue weighted by Gasteiger charge is -2.38. The molecule has 1 aliphatic rings. The van der Waals surface area contributed by atoms with Crippen molar-refractivity contribution in [2.75, 3.05) is 26.4 Å². The summed E-state index contributed by atoms with van der Waals surface area (Å²) in [7, 11) is -2.14. The quantitative estimate of drug-likeness (QED) is 0.0968. The number of alkyl carbamates (subject to hydrolysis) is 1. The molecule has 3 aromatic carbocycles. The van der Waals surface area contributed by atoms with Gasteiger partial charge in [0.1, 0.15) is 13.2 Å². The molecule has 1 unspecified atom stereocenters. The monoisotopic (exact) mass is 700 g/mol. The highest BCUT2D eigenvalue weighted by molar-refractivity contribution is 8.01. The number of rotatable bonds is 15. The van der Waals surface area contributed by atoms with Crippen LogP contribution < -0.4 is 5.32 Å². The smallest absolute Gasteiger partial charge is 0.410 e. The maximum absolute atomic E-state index is 13.6. The van der Waals surface area contributed by atoms with Gasteiger partial charge in [0.2, 0.25) is 0 Å².